The van der Waals surface area contributed by atoms with E-state index in [1.54, 1.807) is 30.7 Å². The van der Waals surface area contributed by atoms with Gasteiger partial charge in [0.25, 0.3) is 0 Å². The molecule has 5 nitrogen and oxygen atoms in total. The molecule has 0 aliphatic carbocycles. The molecule has 94 valence electrons. The van der Waals surface area contributed by atoms with E-state index in [1.165, 1.54) is 0 Å². The molecule has 3 rings (SSSR count). The molecule has 0 saturated carbocycles. The van der Waals surface area contributed by atoms with Crippen LogP contribution in [0.15, 0.2) is 54.2 Å². The number of benzene rings is 2. The third kappa shape index (κ3) is 2.44. The first-order valence-electron chi connectivity index (χ1n) is 5.82. The highest BCUT2D eigenvalue weighted by atomic mass is 16.5. The summed E-state index contributed by atoms with van der Waals surface area (Å²) in [7, 11) is 1.67. The second kappa shape index (κ2) is 4.89. The molecule has 0 unspecified atom stereocenters. The Balaban J connectivity index is 1.93. The molecule has 2 aromatic carbocycles. The van der Waals surface area contributed by atoms with Gasteiger partial charge in [-0.3, -0.25) is 0 Å². The Morgan fingerprint density at radius 3 is 2.58 bits per heavy atom. The molecule has 0 aliphatic rings. The Labute approximate surface area is 110 Å². The summed E-state index contributed by atoms with van der Waals surface area (Å²) in [4.78, 5) is 0. The lowest BCUT2D eigenvalue weighted by molar-refractivity contribution is 0.415. The van der Waals surface area contributed by atoms with Gasteiger partial charge in [0, 0.05) is 0 Å². The summed E-state index contributed by atoms with van der Waals surface area (Å²) < 4.78 is 6.76. The summed E-state index contributed by atoms with van der Waals surface area (Å²) in [6.07, 6.45) is 4.86. The number of rotatable bonds is 3. The van der Waals surface area contributed by atoms with E-state index < -0.39 is 0 Å². The predicted molar refractivity (Wildman–Crippen MR) is 73.5 cm³/mol. The van der Waals surface area contributed by atoms with Crippen LogP contribution in [0, 0.1) is 0 Å². The molecule has 1 heterocycles. The molecule has 0 radical (unpaired) electrons. The Hall–Kier alpha value is -2.69. The van der Waals surface area contributed by atoms with Crippen molar-refractivity contribution in [2.45, 2.75) is 0 Å². The Morgan fingerprint density at radius 1 is 1.05 bits per heavy atom. The van der Waals surface area contributed by atoms with Gasteiger partial charge in [-0.2, -0.15) is 5.10 Å². The fraction of sp³-hybridized carbons (Fsp3) is 0.0714. The van der Waals surface area contributed by atoms with Crippen LogP contribution in [0.3, 0.4) is 0 Å². The molecule has 0 saturated heterocycles. The SMILES string of the molecule is COc1ccc2cc(/C=N\n3cnnc3)ccc2c1. The fourth-order valence-corrected chi connectivity index (χ4v) is 1.84. The minimum atomic E-state index is 0.860. The van der Waals surface area contributed by atoms with Crippen molar-refractivity contribution in [3.05, 3.63) is 54.6 Å². The van der Waals surface area contributed by atoms with E-state index in [2.05, 4.69) is 21.4 Å². The molecule has 1 aromatic heterocycles. The van der Waals surface area contributed by atoms with Gasteiger partial charge in [-0.05, 0) is 34.5 Å². The van der Waals surface area contributed by atoms with Crippen LogP contribution in [0.2, 0.25) is 0 Å². The van der Waals surface area contributed by atoms with E-state index in [1.807, 2.05) is 30.3 Å². The van der Waals surface area contributed by atoms with Gasteiger partial charge in [0.1, 0.15) is 18.4 Å². The maximum Gasteiger partial charge on any atom is 0.141 e. The fourth-order valence-electron chi connectivity index (χ4n) is 1.84. The number of ether oxygens (including phenoxy) is 1. The molecule has 0 fully saturated rings. The molecule has 3 aromatic rings. The summed E-state index contributed by atoms with van der Waals surface area (Å²) in [6.45, 7) is 0. The first-order valence-corrected chi connectivity index (χ1v) is 5.82. The summed E-state index contributed by atoms with van der Waals surface area (Å²) in [5, 5.41) is 13.9. The van der Waals surface area contributed by atoms with Crippen molar-refractivity contribution in [3.63, 3.8) is 0 Å². The van der Waals surface area contributed by atoms with Crippen LogP contribution in [0.1, 0.15) is 5.56 Å². The highest BCUT2D eigenvalue weighted by Gasteiger charge is 1.97. The number of aromatic nitrogens is 3. The zero-order chi connectivity index (χ0) is 13.1. The van der Waals surface area contributed by atoms with Gasteiger partial charge < -0.3 is 4.74 Å². The molecule has 0 atom stereocenters. The van der Waals surface area contributed by atoms with E-state index in [4.69, 9.17) is 4.74 Å². The second-order valence-corrected chi connectivity index (χ2v) is 4.06. The van der Waals surface area contributed by atoms with Gasteiger partial charge in [-0.1, -0.05) is 18.2 Å². The lowest BCUT2D eigenvalue weighted by Gasteiger charge is -2.03. The number of nitrogens with zero attached hydrogens (tertiary/aromatic N) is 4. The highest BCUT2D eigenvalue weighted by molar-refractivity contribution is 5.91. The predicted octanol–water partition coefficient (Wildman–Crippen LogP) is 2.32. The summed E-state index contributed by atoms with van der Waals surface area (Å²) in [6, 6.07) is 12.1. The van der Waals surface area contributed by atoms with Gasteiger partial charge in [-0.15, -0.1) is 10.2 Å². The largest absolute Gasteiger partial charge is 0.497 e. The molecule has 0 aliphatic heterocycles. The molecule has 0 spiro atoms. The average molecular weight is 252 g/mol. The normalized spacial score (nSPS) is 11.2. The Kier molecular flexibility index (Phi) is 2.94. The molecular formula is C14H12N4O. The van der Waals surface area contributed by atoms with Crippen LogP contribution in [-0.2, 0) is 0 Å². The zero-order valence-corrected chi connectivity index (χ0v) is 10.4. The molecule has 5 heteroatoms. The van der Waals surface area contributed by atoms with E-state index >= 15 is 0 Å². The zero-order valence-electron chi connectivity index (χ0n) is 10.4. The van der Waals surface area contributed by atoms with Crippen molar-refractivity contribution in [1.29, 1.82) is 0 Å². The minimum absolute atomic E-state index is 0.860. The summed E-state index contributed by atoms with van der Waals surface area (Å²) in [5.74, 6) is 0.860. The van der Waals surface area contributed by atoms with Gasteiger partial charge in [0.05, 0.1) is 13.3 Å². The van der Waals surface area contributed by atoms with Crippen molar-refractivity contribution in [3.8, 4) is 5.75 Å². The standard InChI is InChI=1S/C14H12N4O/c1-19-14-5-4-12-6-11(2-3-13(12)7-14)8-17-18-9-15-16-10-18/h2-10H,1H3/b17-8-. The lowest BCUT2D eigenvalue weighted by Crippen LogP contribution is -1.88. The maximum absolute atomic E-state index is 5.21. The van der Waals surface area contributed by atoms with Crippen molar-refractivity contribution >= 4 is 17.0 Å². The highest BCUT2D eigenvalue weighted by Crippen LogP contribution is 2.21. The quantitative estimate of drug-likeness (QED) is 0.672. The lowest BCUT2D eigenvalue weighted by atomic mass is 10.1. The number of hydrogen-bond donors (Lipinski definition) is 0. The minimum Gasteiger partial charge on any atom is -0.497 e. The van der Waals surface area contributed by atoms with E-state index in [-0.39, 0.29) is 0 Å². The van der Waals surface area contributed by atoms with Crippen molar-refractivity contribution in [2.24, 2.45) is 5.10 Å². The van der Waals surface area contributed by atoms with Gasteiger partial charge in [0.15, 0.2) is 0 Å². The van der Waals surface area contributed by atoms with Crippen LogP contribution < -0.4 is 4.74 Å². The molecule has 0 bridgehead atoms. The van der Waals surface area contributed by atoms with E-state index in [0.717, 1.165) is 22.1 Å². The third-order valence-corrected chi connectivity index (χ3v) is 2.82. The van der Waals surface area contributed by atoms with Crippen LogP contribution in [0.25, 0.3) is 10.8 Å². The first-order chi connectivity index (χ1) is 9.35. The number of fused-ring (bicyclic) bond motifs is 1. The maximum atomic E-state index is 5.21. The number of hydrogen-bond acceptors (Lipinski definition) is 4. The topological polar surface area (TPSA) is 52.3 Å². The van der Waals surface area contributed by atoms with Crippen LogP contribution in [0.4, 0.5) is 0 Å². The molecule has 0 N–H and O–H groups in total. The summed E-state index contributed by atoms with van der Waals surface area (Å²) >= 11 is 0. The van der Waals surface area contributed by atoms with Crippen molar-refractivity contribution in [2.75, 3.05) is 7.11 Å². The van der Waals surface area contributed by atoms with Gasteiger partial charge in [0.2, 0.25) is 0 Å². The summed E-state index contributed by atoms with van der Waals surface area (Å²) in [5.41, 5.74) is 1.02. The first kappa shape index (κ1) is 11.4. The third-order valence-electron chi connectivity index (χ3n) is 2.82. The van der Waals surface area contributed by atoms with Gasteiger partial charge >= 0.3 is 0 Å². The average Bonchev–Trinajstić information content (AvgIpc) is 2.97. The van der Waals surface area contributed by atoms with Crippen LogP contribution in [0.5, 0.6) is 5.75 Å². The molecule has 0 amide bonds. The van der Waals surface area contributed by atoms with Crippen molar-refractivity contribution in [1.82, 2.24) is 14.9 Å². The second-order valence-electron chi connectivity index (χ2n) is 4.06. The molecular weight excluding hydrogens is 240 g/mol. The smallest absolute Gasteiger partial charge is 0.141 e. The molecule has 19 heavy (non-hydrogen) atoms. The number of methoxy groups -OCH3 is 1. The Morgan fingerprint density at radius 2 is 1.79 bits per heavy atom. The monoisotopic (exact) mass is 252 g/mol. The Bertz CT molecular complexity index is 719. The van der Waals surface area contributed by atoms with E-state index in [9.17, 15) is 0 Å². The van der Waals surface area contributed by atoms with E-state index in [0.29, 0.717) is 0 Å². The van der Waals surface area contributed by atoms with Gasteiger partial charge in [-0.25, -0.2) is 4.68 Å². The van der Waals surface area contributed by atoms with Crippen LogP contribution in [-0.4, -0.2) is 28.2 Å². The van der Waals surface area contributed by atoms with Crippen LogP contribution >= 0.6 is 0 Å². The van der Waals surface area contributed by atoms with Crippen molar-refractivity contribution < 1.29 is 4.74 Å².